The van der Waals surface area contributed by atoms with Crippen LogP contribution in [0.15, 0.2) is 0 Å². The van der Waals surface area contributed by atoms with E-state index in [0.29, 0.717) is 6.42 Å². The smallest absolute Gasteiger partial charge is 0.326 e. The lowest BCUT2D eigenvalue weighted by molar-refractivity contribution is -0.144. The summed E-state index contributed by atoms with van der Waals surface area (Å²) in [6, 6.07) is -0.853. The number of amides is 1. The average Bonchev–Trinajstić information content (AvgIpc) is 2.11. The fourth-order valence-corrected chi connectivity index (χ4v) is 0.970. The second-order valence-corrected chi connectivity index (χ2v) is 5.12. The van der Waals surface area contributed by atoms with E-state index in [-0.39, 0.29) is 5.91 Å². The molecule has 5 heteroatoms. The molecule has 4 N–H and O–H groups in total. The number of hydrogen-bond donors (Lipinski definition) is 3. The van der Waals surface area contributed by atoms with Crippen molar-refractivity contribution in [3.05, 3.63) is 0 Å². The van der Waals surface area contributed by atoms with Gasteiger partial charge >= 0.3 is 5.97 Å². The van der Waals surface area contributed by atoms with Crippen molar-refractivity contribution in [1.82, 2.24) is 5.32 Å². The topological polar surface area (TPSA) is 92.4 Å². The number of carboxylic acid groups (broad SMARTS) is 1. The van der Waals surface area contributed by atoms with Gasteiger partial charge in [-0.1, -0.05) is 6.92 Å². The van der Waals surface area contributed by atoms with Crippen LogP contribution in [-0.2, 0) is 9.59 Å². The lowest BCUT2D eigenvalue weighted by atomic mass is 9.74. The maximum atomic E-state index is 11.9. The standard InChI is InChI=1S/C11H22N2O3/c1-6-7(8(14)15)13-9(16)10(2,3)11(4,5)12/h7H,6,12H2,1-5H3,(H,13,16)(H,14,15)/t7-/m0/s1. The van der Waals surface area contributed by atoms with Gasteiger partial charge in [0.1, 0.15) is 6.04 Å². The highest BCUT2D eigenvalue weighted by atomic mass is 16.4. The molecule has 1 atom stereocenters. The molecular formula is C11H22N2O3. The highest BCUT2D eigenvalue weighted by Gasteiger charge is 2.41. The van der Waals surface area contributed by atoms with Crippen LogP contribution in [0.4, 0.5) is 0 Å². The van der Waals surface area contributed by atoms with E-state index >= 15 is 0 Å². The molecule has 1 amide bonds. The van der Waals surface area contributed by atoms with Crippen molar-refractivity contribution in [1.29, 1.82) is 0 Å². The largest absolute Gasteiger partial charge is 0.480 e. The first-order valence-corrected chi connectivity index (χ1v) is 5.36. The number of nitrogens with one attached hydrogen (secondary N) is 1. The van der Waals surface area contributed by atoms with Crippen molar-refractivity contribution >= 4 is 11.9 Å². The molecule has 0 bridgehead atoms. The Morgan fingerprint density at radius 2 is 1.75 bits per heavy atom. The van der Waals surface area contributed by atoms with Crippen LogP contribution >= 0.6 is 0 Å². The zero-order valence-corrected chi connectivity index (χ0v) is 10.6. The summed E-state index contributed by atoms with van der Waals surface area (Å²) in [6.07, 6.45) is 0.349. The van der Waals surface area contributed by atoms with Gasteiger partial charge < -0.3 is 16.2 Å². The van der Waals surface area contributed by atoms with Crippen LogP contribution in [0.2, 0.25) is 0 Å². The van der Waals surface area contributed by atoms with E-state index in [1.165, 1.54) is 0 Å². The molecule has 0 aromatic rings. The first-order valence-electron chi connectivity index (χ1n) is 5.36. The zero-order valence-electron chi connectivity index (χ0n) is 10.6. The second-order valence-electron chi connectivity index (χ2n) is 5.12. The van der Waals surface area contributed by atoms with Crippen LogP contribution < -0.4 is 11.1 Å². The minimum atomic E-state index is -1.03. The van der Waals surface area contributed by atoms with Crippen LogP contribution in [0, 0.1) is 5.41 Å². The predicted octanol–water partition coefficient (Wildman–Crippen LogP) is 0.729. The Morgan fingerprint density at radius 3 is 2.00 bits per heavy atom. The van der Waals surface area contributed by atoms with E-state index in [2.05, 4.69) is 5.32 Å². The van der Waals surface area contributed by atoms with Gasteiger partial charge in [0, 0.05) is 5.54 Å². The molecule has 0 unspecified atom stereocenters. The molecule has 0 aromatic carbocycles. The van der Waals surface area contributed by atoms with Crippen molar-refractivity contribution in [2.45, 2.75) is 52.6 Å². The van der Waals surface area contributed by atoms with Crippen molar-refractivity contribution in [2.24, 2.45) is 11.1 Å². The number of nitrogens with two attached hydrogens (primary N) is 1. The van der Waals surface area contributed by atoms with Crippen molar-refractivity contribution in [3.8, 4) is 0 Å². The summed E-state index contributed by atoms with van der Waals surface area (Å²) in [7, 11) is 0. The number of hydrogen-bond acceptors (Lipinski definition) is 3. The van der Waals surface area contributed by atoms with Gasteiger partial charge in [0.05, 0.1) is 5.41 Å². The molecule has 0 spiro atoms. The molecule has 0 saturated carbocycles. The molecule has 0 radical (unpaired) electrons. The van der Waals surface area contributed by atoms with E-state index < -0.39 is 23.0 Å². The molecule has 94 valence electrons. The lowest BCUT2D eigenvalue weighted by Gasteiger charge is -2.37. The maximum Gasteiger partial charge on any atom is 0.326 e. The number of rotatable bonds is 5. The molecule has 0 fully saturated rings. The zero-order chi connectivity index (χ0) is 13.1. The first-order chi connectivity index (χ1) is 7.04. The van der Waals surface area contributed by atoms with E-state index in [1.807, 2.05) is 0 Å². The van der Waals surface area contributed by atoms with Gasteiger partial charge in [0.15, 0.2) is 0 Å². The summed E-state index contributed by atoms with van der Waals surface area (Å²) in [5.41, 5.74) is 4.36. The van der Waals surface area contributed by atoms with Gasteiger partial charge in [-0.25, -0.2) is 4.79 Å². The summed E-state index contributed by atoms with van der Waals surface area (Å²) >= 11 is 0. The molecule has 5 nitrogen and oxygen atoms in total. The molecule has 0 saturated heterocycles. The molecule has 0 aromatic heterocycles. The highest BCUT2D eigenvalue weighted by molar-refractivity contribution is 5.87. The van der Waals surface area contributed by atoms with Crippen LogP contribution in [0.25, 0.3) is 0 Å². The summed E-state index contributed by atoms with van der Waals surface area (Å²) in [5, 5.41) is 11.3. The molecule has 0 heterocycles. The minimum Gasteiger partial charge on any atom is -0.480 e. The van der Waals surface area contributed by atoms with Gasteiger partial charge in [-0.3, -0.25) is 4.79 Å². The SMILES string of the molecule is CC[C@H](NC(=O)C(C)(C)C(C)(C)N)C(=O)O. The number of carboxylic acids is 1. The van der Waals surface area contributed by atoms with Crippen molar-refractivity contribution in [2.75, 3.05) is 0 Å². The lowest BCUT2D eigenvalue weighted by Crippen LogP contribution is -2.57. The Bertz CT molecular complexity index is 279. The monoisotopic (exact) mass is 230 g/mol. The third-order valence-electron chi connectivity index (χ3n) is 3.19. The fraction of sp³-hybridized carbons (Fsp3) is 0.818. The quantitative estimate of drug-likeness (QED) is 0.649. The van der Waals surface area contributed by atoms with E-state index in [9.17, 15) is 9.59 Å². The maximum absolute atomic E-state index is 11.9. The Labute approximate surface area is 96.4 Å². The van der Waals surface area contributed by atoms with Crippen molar-refractivity contribution < 1.29 is 14.7 Å². The third-order valence-corrected chi connectivity index (χ3v) is 3.19. The molecular weight excluding hydrogens is 208 g/mol. The van der Waals surface area contributed by atoms with Crippen LogP contribution in [0.5, 0.6) is 0 Å². The molecule has 0 rings (SSSR count). The van der Waals surface area contributed by atoms with Crippen molar-refractivity contribution in [3.63, 3.8) is 0 Å². The normalized spacial score (nSPS) is 14.4. The van der Waals surface area contributed by atoms with E-state index in [1.54, 1.807) is 34.6 Å². The van der Waals surface area contributed by atoms with E-state index in [0.717, 1.165) is 0 Å². The average molecular weight is 230 g/mol. The Morgan fingerprint density at radius 1 is 1.31 bits per heavy atom. The van der Waals surface area contributed by atoms with E-state index in [4.69, 9.17) is 10.8 Å². The van der Waals surface area contributed by atoms with Gasteiger partial charge in [0.25, 0.3) is 0 Å². The predicted molar refractivity (Wildman–Crippen MR) is 61.9 cm³/mol. The number of carbonyl (C=O) groups is 2. The fourth-order valence-electron chi connectivity index (χ4n) is 0.970. The van der Waals surface area contributed by atoms with Gasteiger partial charge in [-0.15, -0.1) is 0 Å². The molecule has 0 aliphatic rings. The molecule has 16 heavy (non-hydrogen) atoms. The summed E-state index contributed by atoms with van der Waals surface area (Å²) < 4.78 is 0. The summed E-state index contributed by atoms with van der Waals surface area (Å²) in [6.45, 7) is 8.61. The minimum absolute atomic E-state index is 0.339. The Hall–Kier alpha value is -1.10. The third kappa shape index (κ3) is 3.20. The highest BCUT2D eigenvalue weighted by Crippen LogP contribution is 2.28. The molecule has 0 aliphatic heterocycles. The first kappa shape index (κ1) is 14.9. The summed E-state index contributed by atoms with van der Waals surface area (Å²) in [5.74, 6) is -1.37. The number of carbonyl (C=O) groups excluding carboxylic acids is 1. The van der Waals surface area contributed by atoms with Crippen LogP contribution in [-0.4, -0.2) is 28.6 Å². The molecule has 0 aliphatic carbocycles. The second kappa shape index (κ2) is 4.82. The Kier molecular flexibility index (Phi) is 4.49. The van der Waals surface area contributed by atoms with Gasteiger partial charge in [-0.2, -0.15) is 0 Å². The van der Waals surface area contributed by atoms with Crippen LogP contribution in [0.3, 0.4) is 0 Å². The van der Waals surface area contributed by atoms with Gasteiger partial charge in [0.2, 0.25) is 5.91 Å². The van der Waals surface area contributed by atoms with Gasteiger partial charge in [-0.05, 0) is 34.1 Å². The number of aliphatic carboxylic acids is 1. The summed E-state index contributed by atoms with van der Waals surface area (Å²) in [4.78, 5) is 22.7. The van der Waals surface area contributed by atoms with Crippen LogP contribution in [0.1, 0.15) is 41.0 Å². The Balaban J connectivity index is 4.76.